The van der Waals surface area contributed by atoms with Gasteiger partial charge in [0.15, 0.2) is 5.82 Å². The molecular formula is C54H32N4. The first-order valence-electron chi connectivity index (χ1n) is 19.8. The third-order valence-electron chi connectivity index (χ3n) is 12.2. The molecule has 4 heteroatoms. The van der Waals surface area contributed by atoms with Gasteiger partial charge in [0.05, 0.1) is 33.1 Å². The van der Waals surface area contributed by atoms with Crippen molar-refractivity contribution in [3.63, 3.8) is 0 Å². The second-order valence-corrected chi connectivity index (χ2v) is 15.3. The first-order chi connectivity index (χ1) is 28.8. The Morgan fingerprint density at radius 1 is 0.328 bits per heavy atom. The van der Waals surface area contributed by atoms with Crippen LogP contribution in [0.4, 0.5) is 0 Å². The molecule has 0 bridgehead atoms. The van der Waals surface area contributed by atoms with E-state index in [9.17, 15) is 0 Å². The van der Waals surface area contributed by atoms with Gasteiger partial charge in [0, 0.05) is 38.2 Å². The third kappa shape index (κ3) is 4.29. The summed E-state index contributed by atoms with van der Waals surface area (Å²) in [4.78, 5) is 11.2. The average Bonchev–Trinajstić information content (AvgIpc) is 3.81. The highest BCUT2D eigenvalue weighted by Crippen LogP contribution is 2.49. The van der Waals surface area contributed by atoms with Gasteiger partial charge in [-0.25, -0.2) is 9.97 Å². The van der Waals surface area contributed by atoms with E-state index in [-0.39, 0.29) is 0 Å². The molecule has 3 aromatic heterocycles. The molecule has 13 rings (SSSR count). The van der Waals surface area contributed by atoms with Gasteiger partial charge in [-0.15, -0.1) is 0 Å². The predicted molar refractivity (Wildman–Crippen MR) is 243 cm³/mol. The second-order valence-electron chi connectivity index (χ2n) is 15.3. The van der Waals surface area contributed by atoms with E-state index in [1.807, 2.05) is 0 Å². The lowest BCUT2D eigenvalue weighted by atomic mass is 9.92. The largest absolute Gasteiger partial charge is 0.309 e. The van der Waals surface area contributed by atoms with Crippen molar-refractivity contribution in [3.05, 3.63) is 194 Å². The summed E-state index contributed by atoms with van der Waals surface area (Å²) in [7, 11) is 0. The van der Waals surface area contributed by atoms with Crippen molar-refractivity contribution < 1.29 is 0 Å². The summed E-state index contributed by atoms with van der Waals surface area (Å²) in [6, 6.07) is 70.0. The number of nitrogens with zero attached hydrogens (tertiary/aromatic N) is 4. The van der Waals surface area contributed by atoms with Gasteiger partial charge in [0.2, 0.25) is 0 Å². The minimum atomic E-state index is 0.809. The van der Waals surface area contributed by atoms with E-state index in [1.54, 1.807) is 0 Å². The van der Waals surface area contributed by atoms with Gasteiger partial charge in [-0.1, -0.05) is 146 Å². The minimum absolute atomic E-state index is 0.809. The summed E-state index contributed by atoms with van der Waals surface area (Å²) < 4.78 is 4.85. The molecule has 0 saturated heterocycles. The lowest BCUT2D eigenvalue weighted by Gasteiger charge is -2.15. The highest BCUT2D eigenvalue weighted by molar-refractivity contribution is 6.39. The SMILES string of the molecule is c1ccc(-c2cc3c4ccccc4c4cccc5c4c4c6c3c(c2)n(-c2nc3ccc7ccccc7c3nc2-c2ccccc2)c6ccc4n5-c2ccccc2)cc1. The zero-order valence-corrected chi connectivity index (χ0v) is 31.3. The fourth-order valence-electron chi connectivity index (χ4n) is 9.77. The topological polar surface area (TPSA) is 35.6 Å². The average molecular weight is 737 g/mol. The van der Waals surface area contributed by atoms with Crippen LogP contribution >= 0.6 is 0 Å². The van der Waals surface area contributed by atoms with Crippen LogP contribution in [0.5, 0.6) is 0 Å². The molecule has 0 spiro atoms. The van der Waals surface area contributed by atoms with Crippen LogP contribution in [0.25, 0.3) is 121 Å². The van der Waals surface area contributed by atoms with E-state index < -0.39 is 0 Å². The van der Waals surface area contributed by atoms with Crippen molar-refractivity contribution in [1.82, 2.24) is 19.1 Å². The van der Waals surface area contributed by atoms with Gasteiger partial charge in [-0.05, 0) is 86.6 Å². The van der Waals surface area contributed by atoms with E-state index >= 15 is 0 Å². The van der Waals surface area contributed by atoms with Crippen LogP contribution < -0.4 is 0 Å². The predicted octanol–water partition coefficient (Wildman–Crippen LogP) is 14.1. The Hall–Kier alpha value is -7.82. The van der Waals surface area contributed by atoms with Crippen molar-refractivity contribution in [1.29, 1.82) is 0 Å². The highest BCUT2D eigenvalue weighted by Gasteiger charge is 2.27. The Balaban J connectivity index is 1.31. The van der Waals surface area contributed by atoms with E-state index in [4.69, 9.17) is 9.97 Å². The van der Waals surface area contributed by atoms with Crippen molar-refractivity contribution >= 4 is 87.0 Å². The van der Waals surface area contributed by atoms with Crippen LogP contribution in [0.15, 0.2) is 194 Å². The van der Waals surface area contributed by atoms with Gasteiger partial charge < -0.3 is 4.57 Å². The molecule has 0 saturated carbocycles. The fourth-order valence-corrected chi connectivity index (χ4v) is 9.77. The number of para-hydroxylation sites is 1. The first kappa shape index (κ1) is 31.4. The summed E-state index contributed by atoms with van der Waals surface area (Å²) >= 11 is 0. The standard InChI is InChI=1S/C54H32N4/c1-4-15-33(16-5-1)36-31-42-40-24-13-12-23-39(40)41-25-14-26-44-48(41)50-45(57(44)37-20-8-3-9-21-37)29-30-46-51(50)49(42)47(32-36)58(46)54-52(35-18-6-2-7-19-35)56-53-38-22-11-10-17-34(38)27-28-43(53)55-54/h1-32H. The number of fused-ring (bicyclic) bond motifs is 6. The Morgan fingerprint density at radius 2 is 0.914 bits per heavy atom. The van der Waals surface area contributed by atoms with Crippen LogP contribution in [0.2, 0.25) is 0 Å². The monoisotopic (exact) mass is 736 g/mol. The maximum Gasteiger partial charge on any atom is 0.165 e. The quantitative estimate of drug-likeness (QED) is 0.169. The van der Waals surface area contributed by atoms with Crippen molar-refractivity contribution in [2.75, 3.05) is 0 Å². The molecule has 0 unspecified atom stereocenters. The Kier molecular flexibility index (Phi) is 6.41. The number of aromatic nitrogens is 4. The molecule has 0 N–H and O–H groups in total. The summed E-state index contributed by atoms with van der Waals surface area (Å²) in [6.45, 7) is 0. The molecular weight excluding hydrogens is 705 g/mol. The number of rotatable bonds is 4. The molecule has 0 atom stereocenters. The second kappa shape index (κ2) is 11.8. The van der Waals surface area contributed by atoms with Gasteiger partial charge in [-0.2, -0.15) is 0 Å². The third-order valence-corrected chi connectivity index (χ3v) is 12.2. The summed E-state index contributed by atoms with van der Waals surface area (Å²) in [5.74, 6) is 0.809. The summed E-state index contributed by atoms with van der Waals surface area (Å²) in [5, 5.41) is 12.1. The Morgan fingerprint density at radius 3 is 1.67 bits per heavy atom. The van der Waals surface area contributed by atoms with Crippen LogP contribution in [0, 0.1) is 0 Å². The van der Waals surface area contributed by atoms with E-state index in [1.165, 1.54) is 59.7 Å². The maximum absolute atomic E-state index is 5.65. The number of hydrogen-bond donors (Lipinski definition) is 0. The zero-order chi connectivity index (χ0) is 37.9. The molecule has 13 aromatic rings. The molecule has 3 heterocycles. The molecule has 0 aliphatic heterocycles. The maximum atomic E-state index is 5.65. The van der Waals surface area contributed by atoms with Crippen LogP contribution in [-0.4, -0.2) is 19.1 Å². The smallest absolute Gasteiger partial charge is 0.165 e. The van der Waals surface area contributed by atoms with Crippen LogP contribution in [0.3, 0.4) is 0 Å². The van der Waals surface area contributed by atoms with Crippen molar-refractivity contribution in [2.24, 2.45) is 0 Å². The van der Waals surface area contributed by atoms with Gasteiger partial charge >= 0.3 is 0 Å². The first-order valence-corrected chi connectivity index (χ1v) is 19.8. The molecule has 58 heavy (non-hydrogen) atoms. The highest BCUT2D eigenvalue weighted by atomic mass is 15.1. The molecule has 0 amide bonds. The molecule has 0 aliphatic rings. The van der Waals surface area contributed by atoms with Gasteiger partial charge in [0.25, 0.3) is 0 Å². The Bertz CT molecular complexity index is 3770. The number of benzene rings is 9. The van der Waals surface area contributed by atoms with E-state index in [0.29, 0.717) is 0 Å². The summed E-state index contributed by atoms with van der Waals surface area (Å²) in [5.41, 5.74) is 11.7. The molecule has 10 aromatic carbocycles. The molecule has 0 fully saturated rings. The van der Waals surface area contributed by atoms with Gasteiger partial charge in [0.1, 0.15) is 5.69 Å². The normalized spacial score (nSPS) is 12.1. The molecule has 4 nitrogen and oxygen atoms in total. The van der Waals surface area contributed by atoms with E-state index in [0.717, 1.165) is 61.2 Å². The van der Waals surface area contributed by atoms with Gasteiger partial charge in [-0.3, -0.25) is 4.57 Å². The number of hydrogen-bond acceptors (Lipinski definition) is 2. The Labute approximate surface area is 332 Å². The van der Waals surface area contributed by atoms with Crippen LogP contribution in [-0.2, 0) is 0 Å². The van der Waals surface area contributed by atoms with Crippen LogP contribution in [0.1, 0.15) is 0 Å². The molecule has 0 aliphatic carbocycles. The lowest BCUT2D eigenvalue weighted by molar-refractivity contribution is 1.08. The lowest BCUT2D eigenvalue weighted by Crippen LogP contribution is -2.04. The zero-order valence-electron chi connectivity index (χ0n) is 31.3. The fraction of sp³-hybridized carbons (Fsp3) is 0. The van der Waals surface area contributed by atoms with E-state index in [2.05, 4.69) is 203 Å². The molecule has 0 radical (unpaired) electrons. The van der Waals surface area contributed by atoms with Crippen molar-refractivity contribution in [2.45, 2.75) is 0 Å². The minimum Gasteiger partial charge on any atom is -0.309 e. The molecule has 268 valence electrons. The summed E-state index contributed by atoms with van der Waals surface area (Å²) in [6.07, 6.45) is 0. The van der Waals surface area contributed by atoms with Crippen molar-refractivity contribution in [3.8, 4) is 33.9 Å².